The minimum absolute atomic E-state index is 0.189. The van der Waals surface area contributed by atoms with Gasteiger partial charge in [0.2, 0.25) is 0 Å². The molecular weight excluding hydrogens is 998 g/mol. The maximum absolute atomic E-state index is 7.52. The molecule has 0 bridgehead atoms. The summed E-state index contributed by atoms with van der Waals surface area (Å²) in [7, 11) is 0. The minimum atomic E-state index is -0.341. The predicted octanol–water partition coefficient (Wildman–Crippen LogP) is 15.4. The summed E-state index contributed by atoms with van der Waals surface area (Å²) in [5.74, 6) is 3.04. The molecule has 374 valence electrons. The van der Waals surface area contributed by atoms with Crippen LogP contribution < -0.4 is 61.4 Å². The molecule has 0 spiro atoms. The average Bonchev–Trinajstić information content (AvgIpc) is 4.11. The molecule has 0 fully saturated rings. The van der Waals surface area contributed by atoms with E-state index in [-0.39, 0.29) is 13.4 Å². The summed E-state index contributed by atoms with van der Waals surface area (Å²) < 4.78 is 24.8. The van der Waals surface area contributed by atoms with Crippen LogP contribution in [-0.4, -0.2) is 13.4 Å². The molecule has 6 heterocycles. The predicted molar refractivity (Wildman–Crippen MR) is 333 cm³/mol. The summed E-state index contributed by atoms with van der Waals surface area (Å²) in [6.07, 6.45) is 0. The molecule has 7 nitrogen and oxygen atoms in total. The van der Waals surface area contributed by atoms with Gasteiger partial charge in [-0.25, -0.2) is 0 Å². The molecule has 0 N–H and O–H groups in total. The Morgan fingerprint density at radius 1 is 0.350 bits per heavy atom. The summed E-state index contributed by atoms with van der Waals surface area (Å²) in [5.41, 5.74) is 18.5. The number of nitrogens with zero attached hydrogens (tertiary/aromatic N) is 4. The maximum Gasteiger partial charge on any atom is 0.301 e. The van der Waals surface area contributed by atoms with Gasteiger partial charge in [-0.1, -0.05) is 146 Å². The first-order chi connectivity index (χ1) is 39.7. The smallest absolute Gasteiger partial charge is 0.301 e. The van der Waals surface area contributed by atoms with Gasteiger partial charge in [0, 0.05) is 89.4 Å². The Hall–Kier alpha value is -10.2. The highest BCUT2D eigenvalue weighted by Gasteiger charge is 2.50. The number of ether oxygens (including phenoxy) is 2. The molecule has 10 heteroatoms. The number of rotatable bonds is 8. The van der Waals surface area contributed by atoms with Crippen LogP contribution in [0, 0.1) is 0 Å². The fourth-order valence-electron chi connectivity index (χ4n) is 13.0. The lowest BCUT2D eigenvalue weighted by molar-refractivity contribution is 0.465. The van der Waals surface area contributed by atoms with Gasteiger partial charge in [-0.2, -0.15) is 0 Å². The Labute approximate surface area is 467 Å². The van der Waals surface area contributed by atoms with Crippen molar-refractivity contribution in [2.45, 2.75) is 0 Å². The number of para-hydroxylation sites is 7. The van der Waals surface area contributed by atoms with Crippen LogP contribution in [0.3, 0.4) is 0 Å². The first-order valence-electron chi connectivity index (χ1n) is 27.1. The highest BCUT2D eigenvalue weighted by Crippen LogP contribution is 2.51. The molecule has 13 aromatic rings. The van der Waals surface area contributed by atoms with Gasteiger partial charge < -0.3 is 33.5 Å². The van der Waals surface area contributed by atoms with Crippen molar-refractivity contribution in [3.63, 3.8) is 0 Å². The summed E-state index contributed by atoms with van der Waals surface area (Å²) in [4.78, 5) is 9.52. The van der Waals surface area contributed by atoms with Crippen molar-refractivity contribution in [3.8, 4) is 23.0 Å². The van der Waals surface area contributed by atoms with Crippen molar-refractivity contribution in [1.29, 1.82) is 0 Å². The molecule has 0 aliphatic carbocycles. The van der Waals surface area contributed by atoms with Gasteiger partial charge in [0.05, 0.1) is 28.4 Å². The summed E-state index contributed by atoms with van der Waals surface area (Å²) in [6.45, 7) is -0.530. The highest BCUT2D eigenvalue weighted by molar-refractivity contribution is 7.33. The zero-order chi connectivity index (χ0) is 52.4. The van der Waals surface area contributed by atoms with E-state index in [2.05, 4.69) is 287 Å². The topological polar surface area (TPSA) is 44.6 Å². The summed E-state index contributed by atoms with van der Waals surface area (Å²) in [6, 6.07) is 94.9. The molecule has 0 saturated carbocycles. The Morgan fingerprint density at radius 2 is 0.775 bits per heavy atom. The van der Waals surface area contributed by atoms with Gasteiger partial charge >= 0.3 is 6.71 Å². The third kappa shape index (κ3) is 6.76. The van der Waals surface area contributed by atoms with E-state index in [0.29, 0.717) is 0 Å². The van der Waals surface area contributed by atoms with Crippen LogP contribution in [0.5, 0.6) is 23.0 Å². The number of anilines is 12. The zero-order valence-corrected chi connectivity index (χ0v) is 43.8. The lowest BCUT2D eigenvalue weighted by Gasteiger charge is -2.41. The van der Waals surface area contributed by atoms with E-state index in [1.165, 1.54) is 20.6 Å². The van der Waals surface area contributed by atoms with Gasteiger partial charge in [0.15, 0.2) is 0 Å². The Balaban J connectivity index is 0.935. The Kier molecular flexibility index (Phi) is 9.93. The van der Waals surface area contributed by atoms with Crippen LogP contribution >= 0.6 is 11.3 Å². The fourth-order valence-corrected chi connectivity index (χ4v) is 14.3. The first kappa shape index (κ1) is 44.9. The molecule has 4 aliphatic heterocycles. The van der Waals surface area contributed by atoms with Crippen molar-refractivity contribution in [1.82, 2.24) is 0 Å². The van der Waals surface area contributed by atoms with Crippen LogP contribution in [0.2, 0.25) is 0 Å². The van der Waals surface area contributed by atoms with Crippen molar-refractivity contribution in [2.24, 2.45) is 0 Å². The van der Waals surface area contributed by atoms with Crippen LogP contribution in [0.4, 0.5) is 68.2 Å². The molecule has 0 atom stereocenters. The number of thiophene rings is 1. The quantitative estimate of drug-likeness (QED) is 0.141. The third-order valence-electron chi connectivity index (χ3n) is 16.2. The van der Waals surface area contributed by atoms with E-state index < -0.39 is 0 Å². The SMILES string of the molecule is c1ccc(N(c2ccccc2)c2cc3c4c(c2)N(c2ccccc2)c2c(oc5ccccc25)B4c2cc4c(cc2O3)Oc2cc(N(c3ccccc3)c3ccccc3)cc3c2B4c2sc4ccccc4c2N3c2ccccc2)cc1. The molecule has 0 saturated heterocycles. The monoisotopic (exact) mass is 1040 g/mol. The van der Waals surface area contributed by atoms with Crippen molar-refractivity contribution in [2.75, 3.05) is 19.6 Å². The Morgan fingerprint density at radius 3 is 1.30 bits per heavy atom. The number of furan rings is 1. The van der Waals surface area contributed by atoms with E-state index in [1.54, 1.807) is 0 Å². The molecule has 4 aliphatic rings. The van der Waals surface area contributed by atoms with Crippen LogP contribution in [0.15, 0.2) is 271 Å². The lowest BCUT2D eigenvalue weighted by atomic mass is 9.33. The average molecular weight is 1040 g/mol. The maximum atomic E-state index is 7.52. The van der Waals surface area contributed by atoms with E-state index in [4.69, 9.17) is 13.9 Å². The van der Waals surface area contributed by atoms with E-state index in [9.17, 15) is 0 Å². The van der Waals surface area contributed by atoms with Gasteiger partial charge in [0.25, 0.3) is 6.71 Å². The van der Waals surface area contributed by atoms with Crippen molar-refractivity contribution >= 4 is 146 Å². The summed E-state index contributed by atoms with van der Waals surface area (Å²) >= 11 is 1.87. The second-order valence-corrected chi connectivity index (χ2v) is 21.8. The third-order valence-corrected chi connectivity index (χ3v) is 17.5. The van der Waals surface area contributed by atoms with Crippen LogP contribution in [0.25, 0.3) is 21.1 Å². The van der Waals surface area contributed by atoms with Crippen molar-refractivity contribution < 1.29 is 13.9 Å². The first-order valence-corrected chi connectivity index (χ1v) is 27.9. The lowest BCUT2D eigenvalue weighted by Crippen LogP contribution is -2.62. The number of fused-ring (bicyclic) bond motifs is 12. The molecular formula is C70H44B2N4O3S. The summed E-state index contributed by atoms with van der Waals surface area (Å²) in [5, 5.41) is 2.25. The normalized spacial score (nSPS) is 13.1. The van der Waals surface area contributed by atoms with Crippen molar-refractivity contribution in [3.05, 3.63) is 267 Å². The van der Waals surface area contributed by atoms with E-state index >= 15 is 0 Å². The standard InChI is InChI=1S/C70H44B2N4O3S/c1-7-23-45(24-8-1)73(46-25-9-2-10-26-46)51-39-57-65-62(41-51)77-60-44-61-56(43-55(60)71(65)69-67(53-35-19-21-37-59(53)79-69)75(57)49-31-15-5-16-32-49)72-66-58(76(50-33-17-6-18-34-50)68-54-36-20-22-38-64(54)80-70(68)72)40-52(42-63(66)78-61)74(47-27-11-3-12-28-47)48-29-13-4-14-30-48/h1-44H. The number of hydrogen-bond donors (Lipinski definition) is 0. The second kappa shape index (κ2) is 17.7. The number of benzene rings is 11. The van der Waals surface area contributed by atoms with Crippen LogP contribution in [0.1, 0.15) is 0 Å². The van der Waals surface area contributed by atoms with Gasteiger partial charge in [-0.3, -0.25) is 0 Å². The van der Waals surface area contributed by atoms with Crippen LogP contribution in [-0.2, 0) is 0 Å². The largest absolute Gasteiger partial charge is 0.468 e. The molecule has 0 radical (unpaired) electrons. The molecule has 0 amide bonds. The molecule has 80 heavy (non-hydrogen) atoms. The van der Waals surface area contributed by atoms with Gasteiger partial charge in [0.1, 0.15) is 28.6 Å². The highest BCUT2D eigenvalue weighted by atomic mass is 32.1. The van der Waals surface area contributed by atoms with Gasteiger partial charge in [-0.15, -0.1) is 11.3 Å². The number of hydrogen-bond acceptors (Lipinski definition) is 8. The molecule has 2 aromatic heterocycles. The minimum Gasteiger partial charge on any atom is -0.468 e. The molecule has 11 aromatic carbocycles. The fraction of sp³-hybridized carbons (Fsp3) is 0. The Bertz CT molecular complexity index is 4210. The molecule has 0 unspecified atom stereocenters. The van der Waals surface area contributed by atoms with E-state index in [1.807, 2.05) is 11.3 Å². The molecule has 17 rings (SSSR count). The van der Waals surface area contributed by atoms with E-state index in [0.717, 1.165) is 124 Å². The van der Waals surface area contributed by atoms with Gasteiger partial charge in [-0.05, 0) is 120 Å². The second-order valence-electron chi connectivity index (χ2n) is 20.7. The zero-order valence-electron chi connectivity index (χ0n) is 43.0.